The Morgan fingerprint density at radius 2 is 1.59 bits per heavy atom. The van der Waals surface area contributed by atoms with Gasteiger partial charge in [-0.1, -0.05) is 129 Å². The van der Waals surface area contributed by atoms with Crippen LogP contribution in [0.1, 0.15) is 162 Å². The van der Waals surface area contributed by atoms with Gasteiger partial charge in [0, 0.05) is 52.0 Å². The number of hydrogen-bond acceptors (Lipinski definition) is 4. The van der Waals surface area contributed by atoms with Crippen molar-refractivity contribution in [1.29, 1.82) is 0 Å². The highest BCUT2D eigenvalue weighted by molar-refractivity contribution is 5.57. The molecule has 1 saturated heterocycles. The molecule has 0 amide bonds. The fraction of sp³-hybridized carbons (Fsp3) is 0.549. The van der Waals surface area contributed by atoms with Crippen LogP contribution in [-0.4, -0.2) is 39.6 Å². The Bertz CT molecular complexity index is 2810. The van der Waals surface area contributed by atoms with Gasteiger partial charge in [-0.05, 0) is 217 Å². The van der Waals surface area contributed by atoms with Crippen molar-refractivity contribution in [2.75, 3.05) is 0 Å². The average Bonchev–Trinajstić information content (AvgIpc) is 4.24. The number of hydrogen-bond donors (Lipinski definition) is 0. The van der Waals surface area contributed by atoms with Crippen LogP contribution in [0.4, 0.5) is 0 Å². The molecule has 392 valence electrons. The average molecular weight is 999 g/mol. The SMILES string of the molecule is C=CC1C=CC(OC2C=CC(C3(C4C=CC=CC4)C4=C(CCC=C4)C4CCC(N(C5=CCC(C6CCC7C(C6)C6=CCCC=C6N7C6CCCCC6)CC5)[C@@]5(C)CCC=C6C7=C(C=CCC7)OC65)=CC43)=CC2C)=CC1. The van der Waals surface area contributed by atoms with Crippen molar-refractivity contribution < 1.29 is 9.47 Å². The molecule has 2 saturated carbocycles. The Labute approximate surface area is 451 Å². The summed E-state index contributed by atoms with van der Waals surface area (Å²) < 4.78 is 14.1. The second-order valence-corrected chi connectivity index (χ2v) is 25.9. The fourth-order valence-corrected chi connectivity index (χ4v) is 18.6. The number of allylic oxidation sites excluding steroid dienone is 24. The third-order valence-electron chi connectivity index (χ3n) is 22.1. The van der Waals surface area contributed by atoms with E-state index >= 15 is 0 Å². The van der Waals surface area contributed by atoms with E-state index in [1.54, 1.807) is 33.8 Å². The normalized spacial score (nSPS) is 39.6. The summed E-state index contributed by atoms with van der Waals surface area (Å²) in [6, 6.07) is 1.51. The minimum atomic E-state index is -0.188. The molecule has 0 aromatic heterocycles. The summed E-state index contributed by atoms with van der Waals surface area (Å²) in [5.74, 6) is 6.36. The first kappa shape index (κ1) is 48.4. The molecular formula is C71H86N2O2. The summed E-state index contributed by atoms with van der Waals surface area (Å²) >= 11 is 0. The molecule has 0 spiro atoms. The number of nitrogens with zero attached hydrogens (tertiary/aromatic N) is 2. The van der Waals surface area contributed by atoms with Crippen molar-refractivity contribution in [3.63, 3.8) is 0 Å². The van der Waals surface area contributed by atoms with Gasteiger partial charge < -0.3 is 19.3 Å². The highest BCUT2D eigenvalue weighted by Crippen LogP contribution is 2.67. The summed E-state index contributed by atoms with van der Waals surface area (Å²) in [7, 11) is 0. The van der Waals surface area contributed by atoms with E-state index in [0.717, 1.165) is 92.7 Å². The summed E-state index contributed by atoms with van der Waals surface area (Å²) in [6.07, 6.45) is 78.1. The third kappa shape index (κ3) is 8.07. The largest absolute Gasteiger partial charge is 0.486 e. The van der Waals surface area contributed by atoms with Crippen LogP contribution in [0.3, 0.4) is 0 Å². The lowest BCUT2D eigenvalue weighted by atomic mass is 9.55. The van der Waals surface area contributed by atoms with E-state index in [2.05, 4.69) is 146 Å². The number of ether oxygens (including phenoxy) is 2. The van der Waals surface area contributed by atoms with E-state index in [1.807, 2.05) is 6.08 Å². The highest BCUT2D eigenvalue weighted by Gasteiger charge is 2.60. The zero-order valence-corrected chi connectivity index (χ0v) is 45.7. The van der Waals surface area contributed by atoms with Gasteiger partial charge in [-0.2, -0.15) is 0 Å². The minimum absolute atomic E-state index is 0.00336. The van der Waals surface area contributed by atoms with E-state index < -0.39 is 0 Å². The molecule has 0 aromatic carbocycles. The van der Waals surface area contributed by atoms with Gasteiger partial charge in [-0.25, -0.2) is 0 Å². The van der Waals surface area contributed by atoms with E-state index in [1.165, 1.54) is 113 Å². The smallest absolute Gasteiger partial charge is 0.147 e. The lowest BCUT2D eigenvalue weighted by Gasteiger charge is -2.53. The van der Waals surface area contributed by atoms with Crippen LogP contribution in [-0.2, 0) is 9.47 Å². The molecule has 13 atom stereocenters. The quantitative estimate of drug-likeness (QED) is 0.204. The Kier molecular flexibility index (Phi) is 12.8. The molecule has 2 heterocycles. The second-order valence-electron chi connectivity index (χ2n) is 25.9. The van der Waals surface area contributed by atoms with Crippen molar-refractivity contribution in [2.45, 2.75) is 191 Å². The predicted octanol–water partition coefficient (Wildman–Crippen LogP) is 17.3. The van der Waals surface area contributed by atoms with Gasteiger partial charge in [-0.15, -0.1) is 6.58 Å². The van der Waals surface area contributed by atoms with Crippen molar-refractivity contribution >= 4 is 0 Å². The third-order valence-corrected chi connectivity index (χ3v) is 22.1. The summed E-state index contributed by atoms with van der Waals surface area (Å²) in [6.45, 7) is 9.07. The van der Waals surface area contributed by atoms with Crippen LogP contribution in [0.2, 0.25) is 0 Å². The van der Waals surface area contributed by atoms with Crippen molar-refractivity contribution in [3.05, 3.63) is 190 Å². The number of likely N-dealkylation sites (tertiary alicyclic amines) is 1. The first-order valence-electron chi connectivity index (χ1n) is 30.9. The maximum Gasteiger partial charge on any atom is 0.147 e. The molecule has 0 bridgehead atoms. The lowest BCUT2D eigenvalue weighted by Crippen LogP contribution is -2.56. The zero-order valence-electron chi connectivity index (χ0n) is 45.7. The van der Waals surface area contributed by atoms with Crippen molar-refractivity contribution in [3.8, 4) is 0 Å². The molecule has 75 heavy (non-hydrogen) atoms. The summed E-state index contributed by atoms with van der Waals surface area (Å²) in [4.78, 5) is 6.03. The monoisotopic (exact) mass is 999 g/mol. The number of fused-ring (bicyclic) bond motifs is 7. The molecule has 4 heteroatoms. The second kappa shape index (κ2) is 19.8. The Balaban J connectivity index is 0.816. The molecule has 3 fully saturated rings. The minimum Gasteiger partial charge on any atom is -0.486 e. The first-order valence-corrected chi connectivity index (χ1v) is 30.9. The predicted molar refractivity (Wildman–Crippen MR) is 307 cm³/mol. The molecule has 12 unspecified atom stereocenters. The van der Waals surface area contributed by atoms with Crippen LogP contribution < -0.4 is 0 Å². The lowest BCUT2D eigenvalue weighted by molar-refractivity contribution is 0.00979. The Morgan fingerprint density at radius 1 is 0.720 bits per heavy atom. The van der Waals surface area contributed by atoms with Gasteiger partial charge in [0.2, 0.25) is 0 Å². The van der Waals surface area contributed by atoms with Crippen LogP contribution in [0.15, 0.2) is 190 Å². The van der Waals surface area contributed by atoms with Crippen LogP contribution >= 0.6 is 0 Å². The zero-order chi connectivity index (χ0) is 50.3. The molecular weight excluding hydrogens is 913 g/mol. The maximum atomic E-state index is 7.32. The van der Waals surface area contributed by atoms with Gasteiger partial charge in [0.25, 0.3) is 0 Å². The summed E-state index contributed by atoms with van der Waals surface area (Å²) in [5, 5.41) is 0. The van der Waals surface area contributed by atoms with Gasteiger partial charge >= 0.3 is 0 Å². The number of rotatable bonds is 10. The molecule has 12 aliphatic carbocycles. The highest BCUT2D eigenvalue weighted by atomic mass is 16.5. The first-order chi connectivity index (χ1) is 36.9. The van der Waals surface area contributed by atoms with Gasteiger partial charge in [0.15, 0.2) is 0 Å². The van der Waals surface area contributed by atoms with Crippen molar-refractivity contribution in [2.24, 2.45) is 52.8 Å². The summed E-state index contributed by atoms with van der Waals surface area (Å²) in [5.41, 5.74) is 14.1. The standard InChI is InChI=1S/C71H86N2O2/c1-4-48-29-38-56(39-30-48)74-67-42-34-52(44-47(67)2)71(51-18-7-5-8-19-51)63-26-14-11-22-57(63)58-40-37-55(46-64(58)71)73(70(3)43-17-25-61-60-24-13-16-28-68(60)75-69(61)70)54-35-31-49(32-36-54)50-33-41-66-62(45-50)59-23-12-15-27-65(59)72(66)53-20-9-6-10-21-53/h4-5,7-8,14,16,18,23,25-29,34-35,38-39,42,44,46-51,53,58,62,64,66-67,69H,1,6,9-13,15,17,19-22,24,30-33,36-37,40-41,43,45H2,2-3H3/t47?,48?,49?,50?,51?,58?,62?,64?,66?,67?,69?,70-,71?/m0/s1. The Hall–Kier alpha value is -4.96. The van der Waals surface area contributed by atoms with E-state index in [4.69, 9.17) is 9.47 Å². The van der Waals surface area contributed by atoms with E-state index in [0.29, 0.717) is 23.7 Å². The van der Waals surface area contributed by atoms with Gasteiger partial charge in [0.1, 0.15) is 23.7 Å². The van der Waals surface area contributed by atoms with Gasteiger partial charge in [0.05, 0.1) is 5.54 Å². The molecule has 0 N–H and O–H groups in total. The van der Waals surface area contributed by atoms with E-state index in [-0.39, 0.29) is 29.1 Å². The van der Waals surface area contributed by atoms with E-state index in [9.17, 15) is 0 Å². The van der Waals surface area contributed by atoms with Crippen molar-refractivity contribution in [1.82, 2.24) is 9.80 Å². The molecule has 0 aromatic rings. The van der Waals surface area contributed by atoms with Crippen LogP contribution in [0.5, 0.6) is 0 Å². The molecule has 14 aliphatic rings. The van der Waals surface area contributed by atoms with Gasteiger partial charge in [-0.3, -0.25) is 0 Å². The van der Waals surface area contributed by atoms with Crippen LogP contribution in [0, 0.1) is 52.8 Å². The molecule has 14 rings (SSSR count). The van der Waals surface area contributed by atoms with Crippen LogP contribution in [0.25, 0.3) is 0 Å². The Morgan fingerprint density at radius 3 is 2.41 bits per heavy atom. The molecule has 2 aliphatic heterocycles. The topological polar surface area (TPSA) is 24.9 Å². The molecule has 4 nitrogen and oxygen atoms in total. The maximum absolute atomic E-state index is 7.32. The molecule has 0 radical (unpaired) electrons. The fourth-order valence-electron chi connectivity index (χ4n) is 18.6.